The lowest BCUT2D eigenvalue weighted by Gasteiger charge is -2.31. The van der Waals surface area contributed by atoms with E-state index in [1.807, 2.05) is 45.0 Å². The molecule has 0 saturated carbocycles. The number of fused-ring (bicyclic) bond motifs is 3. The molecule has 1 amide bonds. The summed E-state index contributed by atoms with van der Waals surface area (Å²) in [5, 5.41) is 6.38. The molecule has 0 aliphatic carbocycles. The number of amides is 1. The number of aryl methyl sites for hydroxylation is 1. The summed E-state index contributed by atoms with van der Waals surface area (Å²) in [6, 6.07) is 12.0. The molecule has 6 nitrogen and oxygen atoms in total. The molecule has 2 aromatic carbocycles. The van der Waals surface area contributed by atoms with Crippen LogP contribution >= 0.6 is 0 Å². The number of benzene rings is 2. The van der Waals surface area contributed by atoms with Crippen molar-refractivity contribution < 1.29 is 19.0 Å². The van der Waals surface area contributed by atoms with Gasteiger partial charge in [0.15, 0.2) is 0 Å². The largest absolute Gasteiger partial charge is 0.496 e. The Hall–Kier alpha value is -2.73. The van der Waals surface area contributed by atoms with E-state index < -0.39 is 11.7 Å². The van der Waals surface area contributed by atoms with Crippen molar-refractivity contribution in [2.45, 2.75) is 51.4 Å². The Balaban J connectivity index is 1.79. The molecule has 1 saturated heterocycles. The molecule has 2 atom stereocenters. The third-order valence-corrected chi connectivity index (χ3v) is 5.56. The monoisotopic (exact) mass is 396 g/mol. The minimum absolute atomic E-state index is 0.177. The van der Waals surface area contributed by atoms with Crippen LogP contribution in [0.15, 0.2) is 36.4 Å². The molecule has 154 valence electrons. The lowest BCUT2D eigenvalue weighted by molar-refractivity contribution is 0.0636. The maximum atomic E-state index is 12.3. The van der Waals surface area contributed by atoms with E-state index in [0.717, 1.165) is 23.4 Å². The normalized spacial score (nSPS) is 22.4. The molecule has 4 rings (SSSR count). The molecule has 2 aliphatic rings. The van der Waals surface area contributed by atoms with Crippen molar-refractivity contribution in [3.63, 3.8) is 0 Å². The summed E-state index contributed by atoms with van der Waals surface area (Å²) in [6.45, 7) is 8.30. The minimum Gasteiger partial charge on any atom is -0.496 e. The maximum absolute atomic E-state index is 12.3. The van der Waals surface area contributed by atoms with E-state index in [4.69, 9.17) is 14.2 Å². The lowest BCUT2D eigenvalue weighted by Crippen LogP contribution is -2.36. The molecule has 0 aromatic heterocycles. The van der Waals surface area contributed by atoms with Crippen LogP contribution in [0.2, 0.25) is 0 Å². The first kappa shape index (κ1) is 19.6. The lowest BCUT2D eigenvalue weighted by atomic mass is 9.71. The van der Waals surface area contributed by atoms with E-state index in [0.29, 0.717) is 12.3 Å². The van der Waals surface area contributed by atoms with Gasteiger partial charge in [0.2, 0.25) is 0 Å². The number of nitrogens with one attached hydrogen (secondary N) is 2. The molecule has 2 N–H and O–H groups in total. The number of methoxy groups -OCH3 is 1. The summed E-state index contributed by atoms with van der Waals surface area (Å²) in [4.78, 5) is 12.3. The van der Waals surface area contributed by atoms with Gasteiger partial charge in [-0.25, -0.2) is 4.79 Å². The summed E-state index contributed by atoms with van der Waals surface area (Å²) < 4.78 is 17.2. The Morgan fingerprint density at radius 1 is 1.28 bits per heavy atom. The van der Waals surface area contributed by atoms with Crippen LogP contribution in [0.5, 0.6) is 5.75 Å². The summed E-state index contributed by atoms with van der Waals surface area (Å²) in [7, 11) is 1.67. The third kappa shape index (κ3) is 3.31. The summed E-state index contributed by atoms with van der Waals surface area (Å²) in [5.74, 6) is 0.771. The first-order valence-corrected chi connectivity index (χ1v) is 9.91. The molecular formula is C23H28N2O4. The highest BCUT2D eigenvalue weighted by atomic mass is 16.6. The molecule has 0 radical (unpaired) electrons. The molecule has 6 heteroatoms. The Labute approximate surface area is 171 Å². The second kappa shape index (κ2) is 6.95. The number of anilines is 2. The standard InChI is InChI=1S/C23H28N2O4/c1-14-7-6-8-17-19(14)23(11-12-28-20(23)25-17)16-13-15(9-10-18(16)27-5)24-21(26)29-22(2,3)4/h6-10,13,20,25H,11-12H2,1-5H3,(H,24,26)/t20-,23+/m1/s1. The molecule has 0 unspecified atom stereocenters. The SMILES string of the molecule is COc1ccc(NC(=O)OC(C)(C)C)cc1[C@]12CCO[C@H]1Nc1cccc(C)c12. The van der Waals surface area contributed by atoms with Crippen molar-refractivity contribution in [2.24, 2.45) is 0 Å². The zero-order valence-corrected chi connectivity index (χ0v) is 17.6. The van der Waals surface area contributed by atoms with Crippen LogP contribution in [-0.2, 0) is 14.9 Å². The molecular weight excluding hydrogens is 368 g/mol. The first-order chi connectivity index (χ1) is 13.7. The molecule has 2 aliphatic heterocycles. The predicted octanol–water partition coefficient (Wildman–Crippen LogP) is 4.81. The first-order valence-electron chi connectivity index (χ1n) is 9.91. The van der Waals surface area contributed by atoms with Gasteiger partial charge in [-0.05, 0) is 69.5 Å². The van der Waals surface area contributed by atoms with Crippen LogP contribution < -0.4 is 15.4 Å². The molecule has 1 fully saturated rings. The number of carbonyl (C=O) groups excluding carboxylic acids is 1. The van der Waals surface area contributed by atoms with Crippen LogP contribution in [0.25, 0.3) is 0 Å². The fourth-order valence-corrected chi connectivity index (χ4v) is 4.52. The van der Waals surface area contributed by atoms with Crippen molar-refractivity contribution in [2.75, 3.05) is 24.4 Å². The van der Waals surface area contributed by atoms with Gasteiger partial charge in [-0.3, -0.25) is 5.32 Å². The Bertz CT molecular complexity index is 950. The molecule has 2 heterocycles. The summed E-state index contributed by atoms with van der Waals surface area (Å²) >= 11 is 0. The average Bonchev–Trinajstić information content (AvgIpc) is 3.17. The van der Waals surface area contributed by atoms with Crippen LogP contribution in [-0.4, -0.2) is 31.6 Å². The van der Waals surface area contributed by atoms with E-state index in [-0.39, 0.29) is 11.6 Å². The number of carbonyl (C=O) groups is 1. The second-order valence-corrected chi connectivity index (χ2v) is 8.66. The number of rotatable bonds is 3. The highest BCUT2D eigenvalue weighted by molar-refractivity contribution is 5.85. The van der Waals surface area contributed by atoms with Gasteiger partial charge in [-0.2, -0.15) is 0 Å². The highest BCUT2D eigenvalue weighted by Crippen LogP contribution is 2.55. The number of hydrogen-bond acceptors (Lipinski definition) is 5. The Morgan fingerprint density at radius 2 is 2.07 bits per heavy atom. The molecule has 0 spiro atoms. The van der Waals surface area contributed by atoms with E-state index in [1.54, 1.807) is 7.11 Å². The van der Waals surface area contributed by atoms with Crippen molar-refractivity contribution in [3.8, 4) is 5.75 Å². The predicted molar refractivity (Wildman–Crippen MR) is 113 cm³/mol. The van der Waals surface area contributed by atoms with E-state index in [1.165, 1.54) is 11.1 Å². The van der Waals surface area contributed by atoms with E-state index in [2.05, 4.69) is 29.7 Å². The van der Waals surface area contributed by atoms with Gasteiger partial charge in [0.25, 0.3) is 0 Å². The zero-order chi connectivity index (χ0) is 20.8. The van der Waals surface area contributed by atoms with Crippen molar-refractivity contribution >= 4 is 17.5 Å². The summed E-state index contributed by atoms with van der Waals surface area (Å²) in [6.07, 6.45) is 0.171. The fraction of sp³-hybridized carbons (Fsp3) is 0.435. The quantitative estimate of drug-likeness (QED) is 0.779. The van der Waals surface area contributed by atoms with Gasteiger partial charge in [-0.1, -0.05) is 12.1 Å². The zero-order valence-electron chi connectivity index (χ0n) is 17.6. The van der Waals surface area contributed by atoms with Gasteiger partial charge in [0.05, 0.1) is 19.1 Å². The number of hydrogen-bond donors (Lipinski definition) is 2. The van der Waals surface area contributed by atoms with Crippen LogP contribution in [0, 0.1) is 6.92 Å². The van der Waals surface area contributed by atoms with Crippen molar-refractivity contribution in [3.05, 3.63) is 53.1 Å². The Kier molecular flexibility index (Phi) is 4.69. The van der Waals surface area contributed by atoms with Crippen LogP contribution in [0.3, 0.4) is 0 Å². The van der Waals surface area contributed by atoms with E-state index >= 15 is 0 Å². The number of ether oxygens (including phenoxy) is 3. The Morgan fingerprint density at radius 3 is 2.79 bits per heavy atom. The third-order valence-electron chi connectivity index (χ3n) is 5.56. The maximum Gasteiger partial charge on any atom is 0.412 e. The van der Waals surface area contributed by atoms with Crippen molar-refractivity contribution in [1.29, 1.82) is 0 Å². The topological polar surface area (TPSA) is 68.8 Å². The van der Waals surface area contributed by atoms with Crippen LogP contribution in [0.4, 0.5) is 16.2 Å². The fourth-order valence-electron chi connectivity index (χ4n) is 4.52. The van der Waals surface area contributed by atoms with Crippen molar-refractivity contribution in [1.82, 2.24) is 0 Å². The van der Waals surface area contributed by atoms with Gasteiger partial charge in [-0.15, -0.1) is 0 Å². The van der Waals surface area contributed by atoms with Gasteiger partial charge in [0, 0.05) is 16.9 Å². The second-order valence-electron chi connectivity index (χ2n) is 8.66. The van der Waals surface area contributed by atoms with E-state index in [9.17, 15) is 4.79 Å². The smallest absolute Gasteiger partial charge is 0.412 e. The molecule has 0 bridgehead atoms. The van der Waals surface area contributed by atoms with Crippen LogP contribution in [0.1, 0.15) is 43.9 Å². The molecule has 29 heavy (non-hydrogen) atoms. The van der Waals surface area contributed by atoms with Gasteiger partial charge < -0.3 is 19.5 Å². The van der Waals surface area contributed by atoms with Gasteiger partial charge in [0.1, 0.15) is 17.6 Å². The highest BCUT2D eigenvalue weighted by Gasteiger charge is 2.54. The average molecular weight is 396 g/mol. The van der Waals surface area contributed by atoms with Gasteiger partial charge >= 0.3 is 6.09 Å². The summed E-state index contributed by atoms with van der Waals surface area (Å²) in [5.41, 5.74) is 4.24. The molecule has 2 aromatic rings. The minimum atomic E-state index is -0.562.